The smallest absolute Gasteiger partial charge is 0.281 e. The van der Waals surface area contributed by atoms with Crippen LogP contribution in [-0.4, -0.2) is 9.38 Å². The number of anilines is 1. The summed E-state index contributed by atoms with van der Waals surface area (Å²) >= 11 is 3.26. The van der Waals surface area contributed by atoms with Crippen molar-refractivity contribution < 1.29 is 0 Å². The van der Waals surface area contributed by atoms with Crippen LogP contribution < -0.4 is 11.3 Å². The van der Waals surface area contributed by atoms with Gasteiger partial charge in [-0.1, -0.05) is 0 Å². The van der Waals surface area contributed by atoms with E-state index in [1.807, 2.05) is 6.07 Å². The lowest BCUT2D eigenvalue weighted by atomic mass is 10.4. The van der Waals surface area contributed by atoms with Crippen LogP contribution in [-0.2, 0) is 0 Å². The van der Waals surface area contributed by atoms with Gasteiger partial charge in [-0.05, 0) is 28.1 Å². The zero-order valence-corrected chi connectivity index (χ0v) is 8.15. The third-order valence-electron chi connectivity index (χ3n) is 1.69. The van der Waals surface area contributed by atoms with Crippen LogP contribution >= 0.6 is 15.9 Å². The highest BCUT2D eigenvalue weighted by Crippen LogP contribution is 2.09. The highest BCUT2D eigenvalue weighted by molar-refractivity contribution is 9.10. The Morgan fingerprint density at radius 2 is 2.23 bits per heavy atom. The zero-order chi connectivity index (χ0) is 9.42. The highest BCUT2D eigenvalue weighted by atomic mass is 79.9. The molecule has 0 saturated carbocycles. The Morgan fingerprint density at radius 3 is 3.00 bits per heavy atom. The van der Waals surface area contributed by atoms with Crippen LogP contribution in [0.5, 0.6) is 0 Å². The summed E-state index contributed by atoms with van der Waals surface area (Å²) in [4.78, 5) is 15.5. The average molecular weight is 240 g/mol. The van der Waals surface area contributed by atoms with Crippen LogP contribution in [0.2, 0.25) is 0 Å². The van der Waals surface area contributed by atoms with E-state index in [1.165, 1.54) is 10.6 Å². The molecule has 0 spiro atoms. The molecule has 2 heterocycles. The van der Waals surface area contributed by atoms with Crippen molar-refractivity contribution in [1.29, 1.82) is 0 Å². The second kappa shape index (κ2) is 2.85. The van der Waals surface area contributed by atoms with Gasteiger partial charge in [-0.3, -0.25) is 9.20 Å². The van der Waals surface area contributed by atoms with Gasteiger partial charge in [0.05, 0.1) is 6.20 Å². The van der Waals surface area contributed by atoms with Crippen molar-refractivity contribution in [3.63, 3.8) is 0 Å². The number of hydrogen-bond donors (Lipinski definition) is 1. The number of nitrogens with zero attached hydrogens (tertiary/aromatic N) is 2. The Morgan fingerprint density at radius 1 is 1.46 bits per heavy atom. The van der Waals surface area contributed by atoms with Gasteiger partial charge in [-0.15, -0.1) is 0 Å². The SMILES string of the molecule is Nc1cnc2ccc(Br)cn2c1=O. The van der Waals surface area contributed by atoms with Crippen molar-refractivity contribution in [2.75, 3.05) is 5.73 Å². The van der Waals surface area contributed by atoms with E-state index in [4.69, 9.17) is 5.73 Å². The molecule has 0 amide bonds. The second-order valence-corrected chi connectivity index (χ2v) is 3.51. The molecular formula is C8H6BrN3O. The lowest BCUT2D eigenvalue weighted by Crippen LogP contribution is -2.17. The first-order valence-electron chi connectivity index (χ1n) is 3.61. The summed E-state index contributed by atoms with van der Waals surface area (Å²) < 4.78 is 2.22. The summed E-state index contributed by atoms with van der Waals surface area (Å²) in [6, 6.07) is 3.56. The Kier molecular flexibility index (Phi) is 1.81. The summed E-state index contributed by atoms with van der Waals surface area (Å²) in [6.45, 7) is 0. The van der Waals surface area contributed by atoms with Gasteiger partial charge < -0.3 is 5.73 Å². The molecule has 4 nitrogen and oxygen atoms in total. The highest BCUT2D eigenvalue weighted by Gasteiger charge is 2.00. The largest absolute Gasteiger partial charge is 0.393 e. The van der Waals surface area contributed by atoms with Crippen LogP contribution in [0.25, 0.3) is 5.65 Å². The standard InChI is InChI=1S/C8H6BrN3O/c9-5-1-2-7-11-3-6(10)8(13)12(7)4-5/h1-4H,10H2. The van der Waals surface area contributed by atoms with Crippen LogP contribution in [0.3, 0.4) is 0 Å². The molecule has 13 heavy (non-hydrogen) atoms. The van der Waals surface area contributed by atoms with Crippen molar-refractivity contribution in [3.8, 4) is 0 Å². The predicted octanol–water partition coefficient (Wildman–Crippen LogP) is 1.04. The number of fused-ring (bicyclic) bond motifs is 1. The lowest BCUT2D eigenvalue weighted by molar-refractivity contribution is 1.04. The fourth-order valence-corrected chi connectivity index (χ4v) is 1.40. The van der Waals surface area contributed by atoms with Crippen LogP contribution in [0.1, 0.15) is 0 Å². The molecular weight excluding hydrogens is 234 g/mol. The lowest BCUT2D eigenvalue weighted by Gasteiger charge is -2.00. The van der Waals surface area contributed by atoms with E-state index in [1.54, 1.807) is 12.3 Å². The first-order chi connectivity index (χ1) is 6.18. The molecule has 0 bridgehead atoms. The summed E-state index contributed by atoms with van der Waals surface area (Å²) in [5, 5.41) is 0. The van der Waals surface area contributed by atoms with Gasteiger partial charge in [0.15, 0.2) is 0 Å². The van der Waals surface area contributed by atoms with E-state index in [9.17, 15) is 4.79 Å². The Balaban J connectivity index is 2.97. The van der Waals surface area contributed by atoms with E-state index < -0.39 is 0 Å². The minimum absolute atomic E-state index is 0.149. The van der Waals surface area contributed by atoms with E-state index in [0.717, 1.165) is 4.47 Å². The molecule has 0 aromatic carbocycles. The van der Waals surface area contributed by atoms with Gasteiger partial charge in [0, 0.05) is 10.7 Å². The first-order valence-corrected chi connectivity index (χ1v) is 4.40. The fourth-order valence-electron chi connectivity index (χ4n) is 1.06. The Hall–Kier alpha value is -1.36. The van der Waals surface area contributed by atoms with Crippen molar-refractivity contribution in [2.24, 2.45) is 0 Å². The van der Waals surface area contributed by atoms with Crippen molar-refractivity contribution >= 4 is 27.3 Å². The third-order valence-corrected chi connectivity index (χ3v) is 2.16. The maximum absolute atomic E-state index is 11.5. The van der Waals surface area contributed by atoms with Gasteiger partial charge in [-0.25, -0.2) is 4.98 Å². The van der Waals surface area contributed by atoms with E-state index in [-0.39, 0.29) is 11.2 Å². The normalized spacial score (nSPS) is 10.5. The predicted molar refractivity (Wildman–Crippen MR) is 53.6 cm³/mol. The molecule has 2 aromatic rings. The summed E-state index contributed by atoms with van der Waals surface area (Å²) in [5.74, 6) is 0. The zero-order valence-electron chi connectivity index (χ0n) is 6.57. The molecule has 0 aliphatic rings. The molecule has 0 aliphatic heterocycles. The number of halogens is 1. The molecule has 0 aliphatic carbocycles. The van der Waals surface area contributed by atoms with Crippen LogP contribution in [0.15, 0.2) is 33.8 Å². The minimum atomic E-state index is -0.244. The average Bonchev–Trinajstić information content (AvgIpc) is 2.12. The topological polar surface area (TPSA) is 60.4 Å². The molecule has 0 saturated heterocycles. The fraction of sp³-hybridized carbons (Fsp3) is 0. The first kappa shape index (κ1) is 8.25. The molecule has 2 N–H and O–H groups in total. The molecule has 0 radical (unpaired) electrons. The van der Waals surface area contributed by atoms with Crippen molar-refractivity contribution in [1.82, 2.24) is 9.38 Å². The molecule has 66 valence electrons. The minimum Gasteiger partial charge on any atom is -0.393 e. The molecule has 5 heteroatoms. The summed E-state index contributed by atoms with van der Waals surface area (Å²) in [6.07, 6.45) is 3.01. The molecule has 0 unspecified atom stereocenters. The van der Waals surface area contributed by atoms with Crippen LogP contribution in [0.4, 0.5) is 5.69 Å². The van der Waals surface area contributed by atoms with Gasteiger partial charge >= 0.3 is 0 Å². The van der Waals surface area contributed by atoms with E-state index in [0.29, 0.717) is 5.65 Å². The summed E-state index contributed by atoms with van der Waals surface area (Å²) in [7, 11) is 0. The maximum Gasteiger partial charge on any atom is 0.281 e. The van der Waals surface area contributed by atoms with Crippen molar-refractivity contribution in [3.05, 3.63) is 39.4 Å². The van der Waals surface area contributed by atoms with Crippen LogP contribution in [0, 0.1) is 0 Å². The quantitative estimate of drug-likeness (QED) is 0.748. The van der Waals surface area contributed by atoms with Gasteiger partial charge in [0.1, 0.15) is 11.3 Å². The Labute approximate surface area is 82.1 Å². The van der Waals surface area contributed by atoms with Gasteiger partial charge in [0.25, 0.3) is 5.56 Å². The molecule has 0 fully saturated rings. The number of rotatable bonds is 0. The number of aromatic nitrogens is 2. The van der Waals surface area contributed by atoms with Crippen molar-refractivity contribution in [2.45, 2.75) is 0 Å². The molecule has 0 atom stereocenters. The molecule has 2 aromatic heterocycles. The third kappa shape index (κ3) is 1.31. The maximum atomic E-state index is 11.5. The Bertz CT molecular complexity index is 515. The van der Waals surface area contributed by atoms with E-state index in [2.05, 4.69) is 20.9 Å². The van der Waals surface area contributed by atoms with E-state index >= 15 is 0 Å². The monoisotopic (exact) mass is 239 g/mol. The number of nitrogen functional groups attached to an aromatic ring is 1. The second-order valence-electron chi connectivity index (χ2n) is 2.59. The molecule has 2 rings (SSSR count). The van der Waals surface area contributed by atoms with Gasteiger partial charge in [-0.2, -0.15) is 0 Å². The summed E-state index contributed by atoms with van der Waals surface area (Å²) in [5.41, 5.74) is 5.91. The number of nitrogens with two attached hydrogens (primary N) is 1. The number of pyridine rings is 1. The number of hydrogen-bond acceptors (Lipinski definition) is 3. The van der Waals surface area contributed by atoms with Gasteiger partial charge in [0.2, 0.25) is 0 Å².